The minimum absolute atomic E-state index is 0.0528. The normalized spacial score (nSPS) is 21.1. The molecule has 2 aromatic carbocycles. The summed E-state index contributed by atoms with van der Waals surface area (Å²) in [6.45, 7) is 0.352. The molecule has 3 aliphatic rings. The highest BCUT2D eigenvalue weighted by molar-refractivity contribution is 6.28. The van der Waals surface area contributed by atoms with E-state index in [-0.39, 0.29) is 23.8 Å². The van der Waals surface area contributed by atoms with Gasteiger partial charge in [0.05, 0.1) is 18.6 Å². The van der Waals surface area contributed by atoms with Crippen LogP contribution in [0.1, 0.15) is 24.8 Å². The molecule has 2 aliphatic heterocycles. The van der Waals surface area contributed by atoms with Gasteiger partial charge in [-0.3, -0.25) is 20.0 Å². The minimum Gasteiger partial charge on any atom is -0.360 e. The van der Waals surface area contributed by atoms with E-state index >= 15 is 0 Å². The van der Waals surface area contributed by atoms with E-state index in [0.717, 1.165) is 30.5 Å². The molecule has 0 radical (unpaired) electrons. The van der Waals surface area contributed by atoms with Crippen molar-refractivity contribution in [2.24, 2.45) is 4.99 Å². The van der Waals surface area contributed by atoms with Crippen molar-refractivity contribution < 1.29 is 4.79 Å². The zero-order chi connectivity index (χ0) is 22.8. The molecule has 7 nitrogen and oxygen atoms in total. The number of amides is 1. The third kappa shape index (κ3) is 3.96. The van der Waals surface area contributed by atoms with Crippen molar-refractivity contribution >= 4 is 23.4 Å². The van der Waals surface area contributed by atoms with E-state index in [1.165, 1.54) is 0 Å². The van der Waals surface area contributed by atoms with Crippen molar-refractivity contribution in [3.63, 3.8) is 0 Å². The number of nitrogens with one attached hydrogen (secondary N) is 3. The molecule has 0 bridgehead atoms. The summed E-state index contributed by atoms with van der Waals surface area (Å²) in [6, 6.07) is 19.6. The molecule has 33 heavy (non-hydrogen) atoms. The van der Waals surface area contributed by atoms with Gasteiger partial charge in [-0.25, -0.2) is 4.99 Å². The standard InChI is InChI=1S/C26H26N6O/c1-31-25(33)22(23(27)29-19-13-6-3-7-14-19)24(28-17-9-12-18-10-4-2-5-11-18)32-21-16-8-15-20(21)30-26(31)32/h2-7,10-11,13-14,20-21,28H,8,15-17H2,1H3,(H2,27,29)/t20-,21+/m1/s1. The predicted octanol–water partition coefficient (Wildman–Crippen LogP) is 2.99. The van der Waals surface area contributed by atoms with Crippen LogP contribution in [0.2, 0.25) is 0 Å². The number of benzene rings is 2. The first-order chi connectivity index (χ1) is 16.1. The maximum absolute atomic E-state index is 13.4. The molecule has 1 amide bonds. The topological polar surface area (TPSA) is 83.8 Å². The second kappa shape index (κ2) is 8.83. The van der Waals surface area contributed by atoms with Crippen molar-refractivity contribution in [3.8, 4) is 11.8 Å². The Balaban J connectivity index is 1.49. The Kier molecular flexibility index (Phi) is 5.57. The Bertz CT molecular complexity index is 1190. The van der Waals surface area contributed by atoms with Gasteiger partial charge in [-0.2, -0.15) is 0 Å². The summed E-state index contributed by atoms with van der Waals surface area (Å²) in [5.41, 5.74) is 1.99. The molecule has 166 valence electrons. The Morgan fingerprint density at radius 3 is 2.61 bits per heavy atom. The van der Waals surface area contributed by atoms with Gasteiger partial charge in [0, 0.05) is 18.3 Å². The van der Waals surface area contributed by atoms with Crippen molar-refractivity contribution in [1.82, 2.24) is 15.1 Å². The van der Waals surface area contributed by atoms with Crippen LogP contribution < -0.4 is 10.6 Å². The van der Waals surface area contributed by atoms with Gasteiger partial charge in [-0.15, -0.1) is 0 Å². The van der Waals surface area contributed by atoms with E-state index in [4.69, 9.17) is 10.4 Å². The summed E-state index contributed by atoms with van der Waals surface area (Å²) in [7, 11) is 1.73. The summed E-state index contributed by atoms with van der Waals surface area (Å²) >= 11 is 0. The van der Waals surface area contributed by atoms with Crippen LogP contribution >= 0.6 is 0 Å². The van der Waals surface area contributed by atoms with E-state index in [0.29, 0.717) is 23.9 Å². The zero-order valence-corrected chi connectivity index (χ0v) is 18.5. The zero-order valence-electron chi connectivity index (χ0n) is 18.5. The number of hydrogen-bond acceptors (Lipinski definition) is 5. The molecule has 1 fully saturated rings. The average Bonchev–Trinajstić information content (AvgIpc) is 3.43. The lowest BCUT2D eigenvalue weighted by Crippen LogP contribution is -2.55. The fraction of sp³-hybridized carbons (Fsp3) is 0.269. The number of rotatable bonds is 4. The summed E-state index contributed by atoms with van der Waals surface area (Å²) in [6.07, 6.45) is 3.13. The Hall–Kier alpha value is -4.05. The molecule has 0 aromatic heterocycles. The van der Waals surface area contributed by atoms with Crippen molar-refractivity contribution in [1.29, 1.82) is 5.41 Å². The first kappa shape index (κ1) is 20.8. The molecule has 0 saturated heterocycles. The van der Waals surface area contributed by atoms with Crippen LogP contribution in [0.3, 0.4) is 0 Å². The number of nitrogens with zero attached hydrogens (tertiary/aromatic N) is 3. The SMILES string of the molecule is CN1C(=O)C(C(=N)Nc2ccccc2)=C(NCC#Cc2ccccc2)N2C1=N[C@@H]1CCC[C@@H]12. The highest BCUT2D eigenvalue weighted by Gasteiger charge is 2.48. The van der Waals surface area contributed by atoms with E-state index in [1.807, 2.05) is 60.7 Å². The van der Waals surface area contributed by atoms with Crippen LogP contribution in [0.5, 0.6) is 0 Å². The lowest BCUT2D eigenvalue weighted by atomic mass is 10.1. The van der Waals surface area contributed by atoms with Gasteiger partial charge in [-0.05, 0) is 43.5 Å². The molecular formula is C26H26N6O. The molecule has 1 aliphatic carbocycles. The summed E-state index contributed by atoms with van der Waals surface area (Å²) in [4.78, 5) is 21.9. The average molecular weight is 439 g/mol. The molecule has 2 atom stereocenters. The van der Waals surface area contributed by atoms with Crippen LogP contribution in [0.25, 0.3) is 0 Å². The van der Waals surface area contributed by atoms with Gasteiger partial charge < -0.3 is 10.6 Å². The number of fused-ring (bicyclic) bond motifs is 3. The number of guanidine groups is 1. The number of carbonyl (C=O) groups excluding carboxylic acids is 1. The number of para-hydroxylation sites is 1. The number of hydrogen-bond donors (Lipinski definition) is 3. The van der Waals surface area contributed by atoms with Gasteiger partial charge in [0.25, 0.3) is 5.91 Å². The summed E-state index contributed by atoms with van der Waals surface area (Å²) in [5.74, 6) is 7.36. The van der Waals surface area contributed by atoms with Crippen LogP contribution in [-0.2, 0) is 4.79 Å². The molecule has 3 N–H and O–H groups in total. The number of likely N-dealkylation sites (N-methyl/N-ethyl adjacent to an activating group) is 1. The van der Waals surface area contributed by atoms with E-state index < -0.39 is 0 Å². The molecule has 7 heteroatoms. The first-order valence-corrected chi connectivity index (χ1v) is 11.2. The maximum atomic E-state index is 13.4. The minimum atomic E-state index is -0.253. The van der Waals surface area contributed by atoms with Gasteiger partial charge in [0.15, 0.2) is 0 Å². The van der Waals surface area contributed by atoms with Gasteiger partial charge >= 0.3 is 0 Å². The van der Waals surface area contributed by atoms with Crippen LogP contribution in [-0.4, -0.2) is 53.2 Å². The quantitative estimate of drug-likeness (QED) is 0.389. The lowest BCUT2D eigenvalue weighted by molar-refractivity contribution is -0.123. The van der Waals surface area contributed by atoms with Crippen LogP contribution in [0.4, 0.5) is 5.69 Å². The van der Waals surface area contributed by atoms with E-state index in [2.05, 4.69) is 27.4 Å². The molecule has 1 saturated carbocycles. The highest BCUT2D eigenvalue weighted by atomic mass is 16.2. The number of amidine groups is 1. The van der Waals surface area contributed by atoms with Crippen molar-refractivity contribution in [2.45, 2.75) is 31.3 Å². The van der Waals surface area contributed by atoms with Crippen molar-refractivity contribution in [3.05, 3.63) is 77.6 Å². The maximum Gasteiger partial charge on any atom is 0.267 e. The van der Waals surface area contributed by atoms with Crippen molar-refractivity contribution in [2.75, 3.05) is 18.9 Å². The van der Waals surface area contributed by atoms with E-state index in [1.54, 1.807) is 11.9 Å². The Morgan fingerprint density at radius 1 is 1.12 bits per heavy atom. The van der Waals surface area contributed by atoms with Gasteiger partial charge in [-0.1, -0.05) is 48.2 Å². The first-order valence-electron chi connectivity index (χ1n) is 11.2. The summed E-state index contributed by atoms with van der Waals surface area (Å²) in [5, 5.41) is 15.2. The monoisotopic (exact) mass is 438 g/mol. The largest absolute Gasteiger partial charge is 0.360 e. The molecule has 5 rings (SSSR count). The van der Waals surface area contributed by atoms with Gasteiger partial charge in [0.1, 0.15) is 17.2 Å². The smallest absolute Gasteiger partial charge is 0.267 e. The molecule has 0 spiro atoms. The van der Waals surface area contributed by atoms with Gasteiger partial charge in [0.2, 0.25) is 5.96 Å². The highest BCUT2D eigenvalue weighted by Crippen LogP contribution is 2.37. The lowest BCUT2D eigenvalue weighted by Gasteiger charge is -2.38. The van der Waals surface area contributed by atoms with Crippen LogP contribution in [0, 0.1) is 17.3 Å². The Morgan fingerprint density at radius 2 is 1.85 bits per heavy atom. The summed E-state index contributed by atoms with van der Waals surface area (Å²) < 4.78 is 0. The number of aliphatic imine (C=N–C) groups is 1. The fourth-order valence-electron chi connectivity index (χ4n) is 4.65. The van der Waals surface area contributed by atoms with E-state index in [9.17, 15) is 4.79 Å². The molecule has 2 aromatic rings. The van der Waals surface area contributed by atoms with Crippen LogP contribution in [0.15, 0.2) is 77.1 Å². The molecular weight excluding hydrogens is 412 g/mol. The second-order valence-corrected chi connectivity index (χ2v) is 8.34. The molecule has 2 heterocycles. The fourth-order valence-corrected chi connectivity index (χ4v) is 4.65. The number of carbonyl (C=O) groups is 1. The third-order valence-corrected chi connectivity index (χ3v) is 6.21. The predicted molar refractivity (Wildman–Crippen MR) is 130 cm³/mol. The Labute approximate surface area is 193 Å². The molecule has 0 unspecified atom stereocenters. The third-order valence-electron chi connectivity index (χ3n) is 6.21. The second-order valence-electron chi connectivity index (χ2n) is 8.34. The number of anilines is 1.